The number of nitrogens with one attached hydrogen (secondary N) is 4. The lowest BCUT2D eigenvalue weighted by Gasteiger charge is -2.31. The molecule has 0 radical (unpaired) electrons. The number of amides is 5. The normalized spacial score (nSPS) is 17.3. The van der Waals surface area contributed by atoms with Gasteiger partial charge in [-0.3, -0.25) is 38.6 Å². The first-order valence-electron chi connectivity index (χ1n) is 16.7. The number of carbonyl (C=O) groups is 7. The Labute approximate surface area is 300 Å². The van der Waals surface area contributed by atoms with Crippen LogP contribution in [-0.2, 0) is 44.5 Å². The van der Waals surface area contributed by atoms with Crippen LogP contribution in [0.4, 0.5) is 0 Å². The van der Waals surface area contributed by atoms with E-state index < -0.39 is 110 Å². The average molecular weight is 757 g/mol. The van der Waals surface area contributed by atoms with Crippen LogP contribution in [0.2, 0.25) is 0 Å². The summed E-state index contributed by atoms with van der Waals surface area (Å²) in [6.07, 6.45) is -0.659. The molecule has 0 bridgehead atoms. The number of hydrogen-bond donors (Lipinski definition) is 9. The molecule has 20 heteroatoms. The predicted octanol–water partition coefficient (Wildman–Crippen LogP) is -0.761. The van der Waals surface area contributed by atoms with Crippen molar-refractivity contribution in [3.8, 4) is 5.75 Å². The first-order chi connectivity index (χ1) is 24.1. The summed E-state index contributed by atoms with van der Waals surface area (Å²) in [4.78, 5) is 109. The second-order valence-electron chi connectivity index (χ2n) is 13.3. The molecule has 0 aromatic heterocycles. The minimum atomic E-state index is -4.87. The number of rotatable bonds is 19. The Bertz CT molecular complexity index is 1510. The molecule has 0 aliphatic carbocycles. The van der Waals surface area contributed by atoms with Crippen molar-refractivity contribution in [1.82, 2.24) is 26.2 Å². The van der Waals surface area contributed by atoms with Crippen LogP contribution in [-0.4, -0.2) is 109 Å². The third-order valence-electron chi connectivity index (χ3n) is 8.21. The van der Waals surface area contributed by atoms with Gasteiger partial charge in [-0.1, -0.05) is 39.8 Å². The first-order valence-corrected chi connectivity index (χ1v) is 18.2. The van der Waals surface area contributed by atoms with Crippen molar-refractivity contribution in [2.45, 2.75) is 103 Å². The average Bonchev–Trinajstić information content (AvgIpc) is 3.53. The van der Waals surface area contributed by atoms with Gasteiger partial charge < -0.3 is 46.6 Å². The van der Waals surface area contributed by atoms with E-state index in [2.05, 4.69) is 25.8 Å². The first kappa shape index (κ1) is 43.6. The molecule has 1 aromatic rings. The molecule has 52 heavy (non-hydrogen) atoms. The van der Waals surface area contributed by atoms with E-state index in [0.29, 0.717) is 12.0 Å². The molecule has 1 saturated heterocycles. The van der Waals surface area contributed by atoms with E-state index >= 15 is 0 Å². The number of carboxylic acids is 2. The van der Waals surface area contributed by atoms with Crippen molar-refractivity contribution in [1.29, 1.82) is 0 Å². The van der Waals surface area contributed by atoms with Crippen molar-refractivity contribution < 1.29 is 62.7 Å². The van der Waals surface area contributed by atoms with Crippen LogP contribution in [0.5, 0.6) is 5.75 Å². The van der Waals surface area contributed by atoms with Crippen LogP contribution in [0.1, 0.15) is 65.9 Å². The Kier molecular flexibility index (Phi) is 16.2. The van der Waals surface area contributed by atoms with Gasteiger partial charge >= 0.3 is 19.8 Å². The Hall–Kier alpha value is -4.58. The molecule has 0 saturated carbocycles. The van der Waals surface area contributed by atoms with Crippen LogP contribution < -0.4 is 31.5 Å². The Morgan fingerprint density at radius 1 is 0.846 bits per heavy atom. The minimum Gasteiger partial charge on any atom is -0.481 e. The fraction of sp³-hybridized carbons (Fsp3) is 0.594. The molecule has 19 nitrogen and oxygen atoms in total. The maximum Gasteiger partial charge on any atom is 0.524 e. The zero-order chi connectivity index (χ0) is 39.5. The summed E-state index contributed by atoms with van der Waals surface area (Å²) in [5.74, 6) is -7.55. The zero-order valence-electron chi connectivity index (χ0n) is 29.6. The van der Waals surface area contributed by atoms with Gasteiger partial charge in [0.15, 0.2) is 0 Å². The van der Waals surface area contributed by atoms with Crippen LogP contribution in [0.15, 0.2) is 24.3 Å². The largest absolute Gasteiger partial charge is 0.524 e. The van der Waals surface area contributed by atoms with Gasteiger partial charge in [0, 0.05) is 19.4 Å². The fourth-order valence-electron chi connectivity index (χ4n) is 5.41. The molecular weight excluding hydrogens is 707 g/mol. The molecule has 0 unspecified atom stereocenters. The number of carbonyl (C=O) groups excluding carboxylic acids is 5. The number of carboxylic acid groups (broad SMARTS) is 2. The van der Waals surface area contributed by atoms with Crippen molar-refractivity contribution in [2.24, 2.45) is 17.6 Å². The van der Waals surface area contributed by atoms with E-state index in [1.165, 1.54) is 31.2 Å². The monoisotopic (exact) mass is 756 g/mol. The topological polar surface area (TPSA) is 304 Å². The van der Waals surface area contributed by atoms with E-state index in [4.69, 9.17) is 15.5 Å². The summed E-state index contributed by atoms with van der Waals surface area (Å²) in [6, 6.07) is -2.20. The number of phosphoric acid groups is 1. The highest BCUT2D eigenvalue weighted by molar-refractivity contribution is 7.46. The highest BCUT2D eigenvalue weighted by Gasteiger charge is 2.40. The summed E-state index contributed by atoms with van der Waals surface area (Å²) in [5, 5.41) is 29.0. The predicted molar refractivity (Wildman–Crippen MR) is 183 cm³/mol. The van der Waals surface area contributed by atoms with Crippen molar-refractivity contribution in [3.05, 3.63) is 29.8 Å². The molecule has 6 atom stereocenters. The molecule has 1 aliphatic heterocycles. The van der Waals surface area contributed by atoms with Crippen molar-refractivity contribution in [2.75, 3.05) is 6.54 Å². The lowest BCUT2D eigenvalue weighted by atomic mass is 10.00. The molecule has 1 fully saturated rings. The minimum absolute atomic E-state index is 0.0638. The molecule has 1 aromatic carbocycles. The van der Waals surface area contributed by atoms with Gasteiger partial charge in [-0.25, -0.2) is 9.36 Å². The fourth-order valence-corrected chi connectivity index (χ4v) is 5.81. The number of nitrogens with zero attached hydrogens (tertiary/aromatic N) is 1. The molecule has 2 rings (SSSR count). The standard InChI is InChI=1S/C32H49N6O13P/c1-16(2)25(36-27(41)18(5)33)30(44)35-22(15-19-8-10-20(11-9-19)51-52(48,49)50)28(42)34-21(12-13-24(39)40)31(45)38-14-6-7-23(38)29(43)37-26(17(3)4)32(46)47/h8-11,16-18,21-23,25-26H,6-7,12-15,33H2,1-5H3,(H,34,42)(H,35,44)(H,36,41)(H,37,43)(H,39,40)(H,46,47)(H2,48,49,50)/t18-,21-,22-,23-,25-,26-/m0/s1. The summed E-state index contributed by atoms with van der Waals surface area (Å²) in [5.41, 5.74) is 6.02. The van der Waals surface area contributed by atoms with Crippen LogP contribution >= 0.6 is 7.82 Å². The molecular formula is C32H49N6O13P. The SMILES string of the molecule is CC(C)[C@H](NC(=O)[C@@H]1CCCN1C(=O)[C@H](CCC(=O)O)NC(=O)[C@H](Cc1ccc(OP(=O)(O)O)cc1)NC(=O)[C@@H](NC(=O)[C@H](C)N)C(C)C)C(=O)O. The second kappa shape index (κ2) is 19.3. The summed E-state index contributed by atoms with van der Waals surface area (Å²) >= 11 is 0. The van der Waals surface area contributed by atoms with Gasteiger partial charge in [0.05, 0.1) is 6.04 Å². The van der Waals surface area contributed by atoms with Crippen molar-refractivity contribution in [3.63, 3.8) is 0 Å². The third kappa shape index (κ3) is 13.5. The van der Waals surface area contributed by atoms with Crippen LogP contribution in [0.3, 0.4) is 0 Å². The summed E-state index contributed by atoms with van der Waals surface area (Å²) < 4.78 is 15.8. The summed E-state index contributed by atoms with van der Waals surface area (Å²) in [7, 11) is -4.87. The Morgan fingerprint density at radius 2 is 1.42 bits per heavy atom. The number of nitrogens with two attached hydrogens (primary N) is 1. The van der Waals surface area contributed by atoms with Crippen LogP contribution in [0.25, 0.3) is 0 Å². The van der Waals surface area contributed by atoms with E-state index in [9.17, 15) is 48.3 Å². The maximum atomic E-state index is 13.9. The lowest BCUT2D eigenvalue weighted by molar-refractivity contribution is -0.146. The van der Waals surface area contributed by atoms with Gasteiger partial charge in [-0.05, 0) is 55.7 Å². The molecule has 1 heterocycles. The highest BCUT2D eigenvalue weighted by atomic mass is 31.2. The quantitative estimate of drug-likeness (QED) is 0.0785. The van der Waals surface area contributed by atoms with E-state index in [-0.39, 0.29) is 25.1 Å². The van der Waals surface area contributed by atoms with Gasteiger partial charge in [0.1, 0.15) is 36.0 Å². The van der Waals surface area contributed by atoms with Crippen LogP contribution in [0, 0.1) is 11.8 Å². The molecule has 10 N–H and O–H groups in total. The molecule has 0 spiro atoms. The van der Waals surface area contributed by atoms with Gasteiger partial charge in [-0.2, -0.15) is 0 Å². The highest BCUT2D eigenvalue weighted by Crippen LogP contribution is 2.37. The molecule has 1 aliphatic rings. The maximum absolute atomic E-state index is 13.9. The van der Waals surface area contributed by atoms with Crippen molar-refractivity contribution >= 4 is 49.3 Å². The zero-order valence-corrected chi connectivity index (χ0v) is 30.5. The summed E-state index contributed by atoms with van der Waals surface area (Å²) in [6.45, 7) is 7.97. The molecule has 5 amide bonds. The number of aliphatic carboxylic acids is 2. The number of likely N-dealkylation sites (tertiary alicyclic amines) is 1. The number of phosphoric ester groups is 1. The van der Waals surface area contributed by atoms with E-state index in [1.807, 2.05) is 0 Å². The van der Waals surface area contributed by atoms with Gasteiger partial charge in [-0.15, -0.1) is 0 Å². The Morgan fingerprint density at radius 3 is 1.92 bits per heavy atom. The number of benzene rings is 1. The molecule has 290 valence electrons. The smallest absolute Gasteiger partial charge is 0.481 e. The lowest BCUT2D eigenvalue weighted by Crippen LogP contribution is -2.60. The van der Waals surface area contributed by atoms with E-state index in [1.54, 1.807) is 27.7 Å². The van der Waals surface area contributed by atoms with Gasteiger partial charge in [0.25, 0.3) is 0 Å². The number of hydrogen-bond acceptors (Lipinski definition) is 10. The third-order valence-corrected chi connectivity index (χ3v) is 8.66. The Balaban J connectivity index is 2.43. The van der Waals surface area contributed by atoms with Gasteiger partial charge in [0.2, 0.25) is 29.5 Å². The van der Waals surface area contributed by atoms with E-state index in [0.717, 1.165) is 4.90 Å². The second-order valence-corrected chi connectivity index (χ2v) is 14.4.